The van der Waals surface area contributed by atoms with Gasteiger partial charge in [0, 0.05) is 33.7 Å². The SMILES string of the molecule is CC(=O)C1CCc2c(O)c3c(c(O)c2C1)C(=O)c1cccc(NC(=O)C(C)NC(=O)OC2c4ccccc4-c4ccccc42)c1C3=O. The molecule has 0 saturated heterocycles. The summed E-state index contributed by atoms with van der Waals surface area (Å²) in [6, 6.07) is 18.4. The Hall–Kier alpha value is -5.77. The maximum absolute atomic E-state index is 13.9. The van der Waals surface area contributed by atoms with Crippen molar-refractivity contribution >= 4 is 35.0 Å². The lowest BCUT2D eigenvalue weighted by atomic mass is 9.75. The summed E-state index contributed by atoms with van der Waals surface area (Å²) in [6.45, 7) is 2.91. The van der Waals surface area contributed by atoms with Gasteiger partial charge in [-0.25, -0.2) is 4.79 Å². The number of fused-ring (bicyclic) bond motifs is 6. The Bertz CT molecular complexity index is 2020. The molecule has 2 atom stereocenters. The molecule has 0 fully saturated rings. The highest BCUT2D eigenvalue weighted by molar-refractivity contribution is 6.32. The van der Waals surface area contributed by atoms with Gasteiger partial charge in [-0.15, -0.1) is 0 Å². The van der Waals surface area contributed by atoms with E-state index in [-0.39, 0.29) is 58.0 Å². The zero-order valence-electron chi connectivity index (χ0n) is 25.5. The molecule has 0 spiro atoms. The number of aromatic hydroxyl groups is 2. The Morgan fingerprint density at radius 2 is 1.38 bits per heavy atom. The second-order valence-corrected chi connectivity index (χ2v) is 12.2. The number of Topliss-reactive ketones (excluding diaryl/α,β-unsaturated/α-hetero) is 1. The Morgan fingerprint density at radius 1 is 0.787 bits per heavy atom. The fraction of sp³-hybridized carbons (Fsp3) is 0.216. The van der Waals surface area contributed by atoms with E-state index in [4.69, 9.17) is 4.74 Å². The van der Waals surface area contributed by atoms with E-state index in [1.165, 1.54) is 32.0 Å². The third-order valence-electron chi connectivity index (χ3n) is 9.41. The molecule has 2 amide bonds. The summed E-state index contributed by atoms with van der Waals surface area (Å²) in [5, 5.41) is 27.6. The second-order valence-electron chi connectivity index (χ2n) is 12.2. The van der Waals surface area contributed by atoms with Crippen molar-refractivity contribution in [3.63, 3.8) is 0 Å². The first-order valence-electron chi connectivity index (χ1n) is 15.4. The molecule has 10 heteroatoms. The van der Waals surface area contributed by atoms with Crippen molar-refractivity contribution < 1.29 is 38.9 Å². The standard InChI is InChI=1S/C37H30N2O8/c1-17(38-37(46)47-35-23-10-5-3-8-20(23)21-9-4-6-11-24(21)35)36(45)39-27-13-7-12-25-28(27)34(44)30-29(32(25)42)33(43)26-16-19(18(2)40)14-15-22(26)31(30)41/h3-13,17,19,35,41,43H,14-16H2,1-2H3,(H,38,46)(H,39,45). The molecule has 3 aliphatic rings. The molecule has 3 aliphatic carbocycles. The van der Waals surface area contributed by atoms with Crippen LogP contribution in [0.25, 0.3) is 11.1 Å². The van der Waals surface area contributed by atoms with Crippen LogP contribution in [0.15, 0.2) is 66.7 Å². The lowest BCUT2D eigenvalue weighted by Crippen LogP contribution is -2.42. The topological polar surface area (TPSA) is 159 Å². The first-order chi connectivity index (χ1) is 22.6. The number of alkyl carbamates (subject to hydrolysis) is 1. The van der Waals surface area contributed by atoms with E-state index in [1.807, 2.05) is 48.5 Å². The van der Waals surface area contributed by atoms with E-state index in [2.05, 4.69) is 10.6 Å². The predicted molar refractivity (Wildman–Crippen MR) is 171 cm³/mol. The van der Waals surface area contributed by atoms with Crippen LogP contribution in [-0.2, 0) is 27.2 Å². The van der Waals surface area contributed by atoms with Crippen LogP contribution in [0.4, 0.5) is 10.5 Å². The summed E-state index contributed by atoms with van der Waals surface area (Å²) in [5.41, 5.74) is 3.34. The van der Waals surface area contributed by atoms with Crippen molar-refractivity contribution in [1.82, 2.24) is 5.32 Å². The zero-order chi connectivity index (χ0) is 33.1. The molecule has 4 N–H and O–H groups in total. The van der Waals surface area contributed by atoms with Gasteiger partial charge < -0.3 is 25.6 Å². The van der Waals surface area contributed by atoms with Crippen molar-refractivity contribution in [2.24, 2.45) is 5.92 Å². The summed E-state index contributed by atoms with van der Waals surface area (Å²) in [7, 11) is 0. The minimum atomic E-state index is -1.11. The third kappa shape index (κ3) is 4.75. The first-order valence-corrected chi connectivity index (χ1v) is 15.4. The lowest BCUT2D eigenvalue weighted by Gasteiger charge is -2.29. The number of amides is 2. The number of phenols is 2. The average Bonchev–Trinajstić information content (AvgIpc) is 3.38. The van der Waals surface area contributed by atoms with Gasteiger partial charge in [-0.2, -0.15) is 0 Å². The van der Waals surface area contributed by atoms with Crippen LogP contribution in [0.2, 0.25) is 0 Å². The number of rotatable bonds is 5. The maximum atomic E-state index is 13.9. The quantitative estimate of drug-likeness (QED) is 0.188. The Labute approximate surface area is 269 Å². The molecule has 236 valence electrons. The molecule has 0 radical (unpaired) electrons. The largest absolute Gasteiger partial charge is 0.507 e. The number of hydrogen-bond acceptors (Lipinski definition) is 8. The highest BCUT2D eigenvalue weighted by atomic mass is 16.6. The predicted octanol–water partition coefficient (Wildman–Crippen LogP) is 5.39. The molecule has 4 aromatic carbocycles. The van der Waals surface area contributed by atoms with Gasteiger partial charge in [0.25, 0.3) is 0 Å². The molecular weight excluding hydrogens is 600 g/mol. The third-order valence-corrected chi connectivity index (χ3v) is 9.41. The van der Waals surface area contributed by atoms with Crippen LogP contribution in [0.3, 0.4) is 0 Å². The van der Waals surface area contributed by atoms with Crippen LogP contribution in [0.1, 0.15) is 80.5 Å². The van der Waals surface area contributed by atoms with Crippen molar-refractivity contribution in [2.75, 3.05) is 5.32 Å². The van der Waals surface area contributed by atoms with Gasteiger partial charge in [0.15, 0.2) is 17.7 Å². The van der Waals surface area contributed by atoms with Gasteiger partial charge >= 0.3 is 6.09 Å². The summed E-state index contributed by atoms with van der Waals surface area (Å²) in [5.74, 6) is -3.37. The zero-order valence-corrected chi connectivity index (χ0v) is 25.5. The number of hydrogen-bond donors (Lipinski definition) is 4. The van der Waals surface area contributed by atoms with Gasteiger partial charge in [-0.3, -0.25) is 19.2 Å². The molecule has 4 aromatic rings. The van der Waals surface area contributed by atoms with Crippen LogP contribution in [0, 0.1) is 5.92 Å². The first kappa shape index (κ1) is 29.9. The molecule has 7 rings (SSSR count). The Kier molecular flexibility index (Phi) is 7.15. The number of ether oxygens (including phenoxy) is 1. The van der Waals surface area contributed by atoms with Gasteiger partial charge in [0.2, 0.25) is 5.91 Å². The maximum Gasteiger partial charge on any atom is 0.408 e. The van der Waals surface area contributed by atoms with Crippen LogP contribution >= 0.6 is 0 Å². The number of benzene rings is 4. The highest BCUT2D eigenvalue weighted by Crippen LogP contribution is 2.48. The Balaban J connectivity index is 1.12. The van der Waals surface area contributed by atoms with E-state index in [9.17, 15) is 34.2 Å². The number of ketones is 3. The van der Waals surface area contributed by atoms with E-state index >= 15 is 0 Å². The van der Waals surface area contributed by atoms with Crippen LogP contribution in [0.5, 0.6) is 11.5 Å². The van der Waals surface area contributed by atoms with Crippen molar-refractivity contribution in [2.45, 2.75) is 45.3 Å². The molecule has 2 unspecified atom stereocenters. The molecule has 0 saturated carbocycles. The number of carbonyl (C=O) groups excluding carboxylic acids is 5. The van der Waals surface area contributed by atoms with Crippen molar-refractivity contribution in [3.8, 4) is 22.6 Å². The average molecular weight is 631 g/mol. The lowest BCUT2D eigenvalue weighted by molar-refractivity contribution is -0.121. The van der Waals surface area contributed by atoms with Crippen LogP contribution < -0.4 is 10.6 Å². The van der Waals surface area contributed by atoms with Gasteiger partial charge in [-0.05, 0) is 50.3 Å². The van der Waals surface area contributed by atoms with Crippen LogP contribution in [-0.4, -0.2) is 45.6 Å². The second kappa shape index (κ2) is 11.2. The summed E-state index contributed by atoms with van der Waals surface area (Å²) in [4.78, 5) is 66.0. The fourth-order valence-electron chi connectivity index (χ4n) is 6.98. The summed E-state index contributed by atoms with van der Waals surface area (Å²) >= 11 is 0. The molecule has 0 bridgehead atoms. The van der Waals surface area contributed by atoms with Gasteiger partial charge in [0.1, 0.15) is 23.3 Å². The van der Waals surface area contributed by atoms with Gasteiger partial charge in [0.05, 0.1) is 22.4 Å². The normalized spacial score (nSPS) is 16.6. The van der Waals surface area contributed by atoms with Crippen molar-refractivity contribution in [1.29, 1.82) is 0 Å². The summed E-state index contributed by atoms with van der Waals surface area (Å²) < 4.78 is 5.79. The van der Waals surface area contributed by atoms with E-state index in [1.54, 1.807) is 0 Å². The van der Waals surface area contributed by atoms with E-state index in [0.717, 1.165) is 22.3 Å². The number of carbonyl (C=O) groups is 5. The molecule has 10 nitrogen and oxygen atoms in total. The summed E-state index contributed by atoms with van der Waals surface area (Å²) in [6.07, 6.45) is -0.658. The van der Waals surface area contributed by atoms with Gasteiger partial charge in [-0.1, -0.05) is 60.7 Å². The highest BCUT2D eigenvalue weighted by Gasteiger charge is 2.41. The number of phenolic OH excluding ortho intramolecular Hbond substituents is 2. The number of nitrogens with one attached hydrogen (secondary N) is 2. The molecule has 0 aliphatic heterocycles. The minimum absolute atomic E-state index is 0.00502. The monoisotopic (exact) mass is 630 g/mol. The smallest absolute Gasteiger partial charge is 0.408 e. The molecule has 0 aromatic heterocycles. The van der Waals surface area contributed by atoms with E-state index in [0.29, 0.717) is 12.0 Å². The fourth-order valence-corrected chi connectivity index (χ4v) is 6.98. The molecular formula is C37H30N2O8. The van der Waals surface area contributed by atoms with Crippen molar-refractivity contribution in [3.05, 3.63) is 111 Å². The molecule has 47 heavy (non-hydrogen) atoms. The van der Waals surface area contributed by atoms with E-state index < -0.39 is 47.2 Å². The Morgan fingerprint density at radius 3 is 2.04 bits per heavy atom. The minimum Gasteiger partial charge on any atom is -0.507 e. The molecule has 0 heterocycles. The number of anilines is 1.